The van der Waals surface area contributed by atoms with Gasteiger partial charge in [0.15, 0.2) is 12.2 Å². The molecule has 2 atom stereocenters. The first-order valence-corrected chi connectivity index (χ1v) is 7.20. The molecule has 0 unspecified atom stereocenters. The van der Waals surface area contributed by atoms with E-state index in [2.05, 4.69) is 5.32 Å². The first-order chi connectivity index (χ1) is 9.95. The van der Waals surface area contributed by atoms with E-state index >= 15 is 0 Å². The molecule has 1 fully saturated rings. The maximum atomic E-state index is 11.9. The van der Waals surface area contributed by atoms with Gasteiger partial charge in [-0.05, 0) is 51.3 Å². The van der Waals surface area contributed by atoms with Crippen LogP contribution in [0.4, 0.5) is 0 Å². The fourth-order valence-corrected chi connectivity index (χ4v) is 1.81. The summed E-state index contributed by atoms with van der Waals surface area (Å²) in [4.78, 5) is 23.6. The summed E-state index contributed by atoms with van der Waals surface area (Å²) in [7, 11) is 0. The quantitative estimate of drug-likeness (QED) is 0.814. The monoisotopic (exact) mass is 291 g/mol. The van der Waals surface area contributed by atoms with Crippen LogP contribution < -0.4 is 10.1 Å². The molecule has 21 heavy (non-hydrogen) atoms. The zero-order valence-corrected chi connectivity index (χ0v) is 12.6. The third-order valence-corrected chi connectivity index (χ3v) is 3.22. The number of amides is 1. The normalized spacial score (nSPS) is 16.7. The first-order valence-electron chi connectivity index (χ1n) is 7.20. The molecule has 0 radical (unpaired) electrons. The van der Waals surface area contributed by atoms with Gasteiger partial charge in [-0.15, -0.1) is 0 Å². The molecule has 5 nitrogen and oxygen atoms in total. The van der Waals surface area contributed by atoms with Crippen LogP contribution in [0.3, 0.4) is 0 Å². The van der Waals surface area contributed by atoms with Crippen LogP contribution >= 0.6 is 0 Å². The van der Waals surface area contributed by atoms with Gasteiger partial charge in [-0.25, -0.2) is 4.79 Å². The molecule has 0 spiro atoms. The lowest BCUT2D eigenvalue weighted by molar-refractivity contribution is -0.160. The second-order valence-electron chi connectivity index (χ2n) is 5.44. The summed E-state index contributed by atoms with van der Waals surface area (Å²) in [5, 5.41) is 2.80. The van der Waals surface area contributed by atoms with Crippen molar-refractivity contribution in [1.82, 2.24) is 5.32 Å². The zero-order valence-electron chi connectivity index (χ0n) is 12.6. The molecule has 5 heteroatoms. The van der Waals surface area contributed by atoms with Crippen LogP contribution in [0.15, 0.2) is 24.3 Å². The number of benzene rings is 1. The van der Waals surface area contributed by atoms with E-state index in [4.69, 9.17) is 9.47 Å². The highest BCUT2D eigenvalue weighted by Gasteiger charge is 2.28. The largest absolute Gasteiger partial charge is 0.479 e. The fraction of sp³-hybridized carbons (Fsp3) is 0.500. The molecule has 1 aromatic carbocycles. The van der Waals surface area contributed by atoms with E-state index in [9.17, 15) is 9.59 Å². The number of hydrogen-bond donors (Lipinski definition) is 1. The van der Waals surface area contributed by atoms with Gasteiger partial charge in [0.2, 0.25) is 0 Å². The molecule has 0 bridgehead atoms. The number of hydrogen-bond acceptors (Lipinski definition) is 4. The lowest BCUT2D eigenvalue weighted by Crippen LogP contribution is -2.39. The lowest BCUT2D eigenvalue weighted by Gasteiger charge is -2.17. The average molecular weight is 291 g/mol. The van der Waals surface area contributed by atoms with Gasteiger partial charge >= 0.3 is 5.97 Å². The average Bonchev–Trinajstić information content (AvgIpc) is 3.22. The Bertz CT molecular complexity index is 525. The smallest absolute Gasteiger partial charge is 0.347 e. The SMILES string of the molecule is Cc1cccc(O[C@H](C)C(=O)O[C@H](C)C(=O)NC2CC2)c1. The Hall–Kier alpha value is -2.04. The van der Waals surface area contributed by atoms with Crippen LogP contribution in [0.1, 0.15) is 32.3 Å². The van der Waals surface area contributed by atoms with Crippen molar-refractivity contribution in [2.75, 3.05) is 0 Å². The van der Waals surface area contributed by atoms with E-state index in [0.717, 1.165) is 18.4 Å². The number of carbonyl (C=O) groups is 2. The fourth-order valence-electron chi connectivity index (χ4n) is 1.81. The Morgan fingerprint density at radius 1 is 1.24 bits per heavy atom. The Balaban J connectivity index is 1.82. The highest BCUT2D eigenvalue weighted by atomic mass is 16.6. The molecule has 0 aromatic heterocycles. The van der Waals surface area contributed by atoms with Crippen LogP contribution in [0, 0.1) is 6.92 Å². The molecule has 0 aliphatic heterocycles. The minimum Gasteiger partial charge on any atom is -0.479 e. The van der Waals surface area contributed by atoms with Crippen molar-refractivity contribution in [1.29, 1.82) is 0 Å². The van der Waals surface area contributed by atoms with Crippen molar-refractivity contribution in [3.8, 4) is 5.75 Å². The van der Waals surface area contributed by atoms with Gasteiger partial charge in [0.1, 0.15) is 5.75 Å². The molecule has 1 aliphatic rings. The summed E-state index contributed by atoms with van der Waals surface area (Å²) < 4.78 is 10.7. The molecule has 0 saturated heterocycles. The molecule has 1 saturated carbocycles. The molecule has 2 rings (SSSR count). The molecular formula is C16H21NO4. The number of rotatable bonds is 6. The summed E-state index contributed by atoms with van der Waals surface area (Å²) in [6, 6.07) is 7.67. The van der Waals surface area contributed by atoms with Gasteiger partial charge in [-0.2, -0.15) is 0 Å². The van der Waals surface area contributed by atoms with Crippen molar-refractivity contribution < 1.29 is 19.1 Å². The van der Waals surface area contributed by atoms with Crippen molar-refractivity contribution >= 4 is 11.9 Å². The standard InChI is InChI=1S/C16H21NO4/c1-10-5-4-6-14(9-10)20-12(3)16(19)21-11(2)15(18)17-13-7-8-13/h4-6,9,11-13H,7-8H2,1-3H3,(H,17,18)/t11-,12-/m1/s1. The predicted octanol–water partition coefficient (Wildman–Crippen LogP) is 1.97. The first kappa shape index (κ1) is 15.4. The Morgan fingerprint density at radius 2 is 1.95 bits per heavy atom. The molecule has 0 heterocycles. The van der Waals surface area contributed by atoms with Crippen LogP contribution in [0.2, 0.25) is 0 Å². The van der Waals surface area contributed by atoms with Gasteiger partial charge < -0.3 is 14.8 Å². The second kappa shape index (κ2) is 6.61. The molecule has 114 valence electrons. The summed E-state index contributed by atoms with van der Waals surface area (Å²) >= 11 is 0. The van der Waals surface area contributed by atoms with E-state index in [1.807, 2.05) is 25.1 Å². The maximum Gasteiger partial charge on any atom is 0.347 e. The summed E-state index contributed by atoms with van der Waals surface area (Å²) in [5.41, 5.74) is 1.05. The molecule has 1 aliphatic carbocycles. The number of aryl methyl sites for hydroxylation is 1. The molecule has 1 aromatic rings. The maximum absolute atomic E-state index is 11.9. The van der Waals surface area contributed by atoms with Crippen molar-refractivity contribution in [3.63, 3.8) is 0 Å². The van der Waals surface area contributed by atoms with Crippen LogP contribution in [0.25, 0.3) is 0 Å². The molecular weight excluding hydrogens is 270 g/mol. The Morgan fingerprint density at radius 3 is 2.57 bits per heavy atom. The Kier molecular flexibility index (Phi) is 4.83. The number of nitrogens with one attached hydrogen (secondary N) is 1. The Labute approximate surface area is 124 Å². The lowest BCUT2D eigenvalue weighted by atomic mass is 10.2. The second-order valence-corrected chi connectivity index (χ2v) is 5.44. The van der Waals surface area contributed by atoms with E-state index < -0.39 is 18.2 Å². The number of ether oxygens (including phenoxy) is 2. The van der Waals surface area contributed by atoms with Crippen LogP contribution in [-0.4, -0.2) is 30.1 Å². The van der Waals surface area contributed by atoms with Gasteiger partial charge in [0.25, 0.3) is 5.91 Å². The van der Waals surface area contributed by atoms with Gasteiger partial charge in [-0.1, -0.05) is 12.1 Å². The zero-order chi connectivity index (χ0) is 15.4. The van der Waals surface area contributed by atoms with Crippen molar-refractivity contribution in [2.45, 2.75) is 51.9 Å². The van der Waals surface area contributed by atoms with Crippen LogP contribution in [0.5, 0.6) is 5.75 Å². The van der Waals surface area contributed by atoms with Gasteiger partial charge in [-0.3, -0.25) is 4.79 Å². The summed E-state index contributed by atoms with van der Waals surface area (Å²) in [6.07, 6.45) is 0.433. The van der Waals surface area contributed by atoms with Gasteiger partial charge in [0.05, 0.1) is 0 Å². The minimum absolute atomic E-state index is 0.250. The summed E-state index contributed by atoms with van der Waals surface area (Å²) in [5.74, 6) is -0.196. The highest BCUT2D eigenvalue weighted by molar-refractivity contribution is 5.84. The predicted molar refractivity (Wildman–Crippen MR) is 78.0 cm³/mol. The third-order valence-electron chi connectivity index (χ3n) is 3.22. The van der Waals surface area contributed by atoms with Crippen LogP contribution in [-0.2, 0) is 14.3 Å². The van der Waals surface area contributed by atoms with E-state index in [-0.39, 0.29) is 11.9 Å². The van der Waals surface area contributed by atoms with E-state index in [1.165, 1.54) is 0 Å². The number of esters is 1. The van der Waals surface area contributed by atoms with E-state index in [1.54, 1.807) is 19.9 Å². The number of carbonyl (C=O) groups excluding carboxylic acids is 2. The van der Waals surface area contributed by atoms with Crippen molar-refractivity contribution in [2.24, 2.45) is 0 Å². The highest BCUT2D eigenvalue weighted by Crippen LogP contribution is 2.19. The molecule has 1 N–H and O–H groups in total. The molecule has 1 amide bonds. The minimum atomic E-state index is -0.804. The van der Waals surface area contributed by atoms with E-state index in [0.29, 0.717) is 5.75 Å². The topological polar surface area (TPSA) is 64.6 Å². The summed E-state index contributed by atoms with van der Waals surface area (Å²) in [6.45, 7) is 5.12. The third kappa shape index (κ3) is 4.77. The van der Waals surface area contributed by atoms with Crippen molar-refractivity contribution in [3.05, 3.63) is 29.8 Å². The van der Waals surface area contributed by atoms with Gasteiger partial charge in [0, 0.05) is 6.04 Å².